The van der Waals surface area contributed by atoms with E-state index in [9.17, 15) is 19.5 Å². The molecule has 0 radical (unpaired) electrons. The molecule has 0 rings (SSSR count). The van der Waals surface area contributed by atoms with Gasteiger partial charge in [-0.15, -0.1) is 0 Å². The third-order valence-electron chi connectivity index (χ3n) is 2.52. The Balaban J connectivity index is 4.46. The number of aliphatic hydroxyl groups is 1. The van der Waals surface area contributed by atoms with E-state index < -0.39 is 30.0 Å². The van der Waals surface area contributed by atoms with Crippen LogP contribution < -0.4 is 5.32 Å². The van der Waals surface area contributed by atoms with Crippen molar-refractivity contribution in [2.45, 2.75) is 45.8 Å². The van der Waals surface area contributed by atoms with Crippen molar-refractivity contribution < 1.29 is 29.3 Å². The molecule has 0 bridgehead atoms. The fraction of sp³-hybridized carbons (Fsp3) is 0.643. The Morgan fingerprint density at radius 2 is 1.90 bits per heavy atom. The molecule has 3 N–H and O–H groups in total. The number of carboxylic acid groups (broad SMARTS) is 1. The Hall–Kier alpha value is -1.89. The molecule has 0 unspecified atom stereocenters. The molecule has 120 valence electrons. The minimum Gasteiger partial charge on any atom is -0.480 e. The van der Waals surface area contributed by atoms with E-state index in [0.717, 1.165) is 6.08 Å². The summed E-state index contributed by atoms with van der Waals surface area (Å²) in [7, 11) is 0. The molecule has 0 aromatic rings. The zero-order valence-corrected chi connectivity index (χ0v) is 12.5. The van der Waals surface area contributed by atoms with Gasteiger partial charge in [-0.1, -0.05) is 19.9 Å². The van der Waals surface area contributed by atoms with Crippen molar-refractivity contribution in [3.8, 4) is 0 Å². The molecule has 0 aliphatic carbocycles. The number of hydrogen-bond donors (Lipinski definition) is 3. The summed E-state index contributed by atoms with van der Waals surface area (Å²) in [6.45, 7) is 5.56. The van der Waals surface area contributed by atoms with E-state index in [1.54, 1.807) is 6.92 Å². The van der Waals surface area contributed by atoms with Crippen LogP contribution in [0.3, 0.4) is 0 Å². The van der Waals surface area contributed by atoms with Crippen LogP contribution in [0, 0.1) is 5.92 Å². The Kier molecular flexibility index (Phi) is 9.03. The molecule has 0 aliphatic heterocycles. The number of aliphatic hydroxyl groups excluding tert-OH is 1. The van der Waals surface area contributed by atoms with Crippen LogP contribution in [0.1, 0.15) is 33.6 Å². The maximum absolute atomic E-state index is 11.7. The van der Waals surface area contributed by atoms with Crippen molar-refractivity contribution >= 4 is 17.8 Å². The molecule has 0 fully saturated rings. The largest absolute Gasteiger partial charge is 0.480 e. The minimum atomic E-state index is -1.25. The first kappa shape index (κ1) is 19.1. The first-order valence-corrected chi connectivity index (χ1v) is 6.82. The van der Waals surface area contributed by atoms with Crippen LogP contribution in [0.4, 0.5) is 0 Å². The number of amides is 1. The van der Waals surface area contributed by atoms with Gasteiger partial charge < -0.3 is 20.3 Å². The number of rotatable bonds is 9. The molecule has 0 aromatic carbocycles. The Morgan fingerprint density at radius 1 is 1.29 bits per heavy atom. The summed E-state index contributed by atoms with van der Waals surface area (Å²) in [6, 6.07) is -1.20. The lowest BCUT2D eigenvalue weighted by Crippen LogP contribution is -2.45. The number of aliphatic carboxylic acids is 1. The molecule has 0 saturated heterocycles. The first-order chi connectivity index (χ1) is 9.77. The highest BCUT2D eigenvalue weighted by Crippen LogP contribution is 2.05. The van der Waals surface area contributed by atoms with Gasteiger partial charge in [0.05, 0.1) is 6.61 Å². The van der Waals surface area contributed by atoms with E-state index in [0.29, 0.717) is 0 Å². The van der Waals surface area contributed by atoms with Crippen molar-refractivity contribution in [1.82, 2.24) is 5.32 Å². The number of carbonyl (C=O) groups excluding carboxylic acids is 2. The van der Waals surface area contributed by atoms with Gasteiger partial charge in [-0.2, -0.15) is 0 Å². The highest BCUT2D eigenvalue weighted by molar-refractivity contribution is 5.86. The lowest BCUT2D eigenvalue weighted by molar-refractivity contribution is -0.143. The SMILES string of the molecule is CCOC(=O)/C=C/C[C@@H](NC(=O)[C@@H](O)CC(C)C)C(=O)O. The van der Waals surface area contributed by atoms with Gasteiger partial charge in [-0.05, 0) is 25.7 Å². The van der Waals surface area contributed by atoms with Crippen LogP contribution in [-0.2, 0) is 19.1 Å². The maximum atomic E-state index is 11.7. The highest BCUT2D eigenvalue weighted by atomic mass is 16.5. The van der Waals surface area contributed by atoms with Gasteiger partial charge in [0.25, 0.3) is 0 Å². The van der Waals surface area contributed by atoms with E-state index >= 15 is 0 Å². The van der Waals surface area contributed by atoms with Crippen LogP contribution in [0.5, 0.6) is 0 Å². The van der Waals surface area contributed by atoms with E-state index in [-0.39, 0.29) is 25.4 Å². The third-order valence-corrected chi connectivity index (χ3v) is 2.52. The molecule has 1 amide bonds. The van der Waals surface area contributed by atoms with Gasteiger partial charge in [0, 0.05) is 6.08 Å². The minimum absolute atomic E-state index is 0.0751. The molecular weight excluding hydrogens is 278 g/mol. The Morgan fingerprint density at radius 3 is 2.38 bits per heavy atom. The van der Waals surface area contributed by atoms with E-state index in [1.807, 2.05) is 13.8 Å². The number of esters is 1. The summed E-state index contributed by atoms with van der Waals surface area (Å²) >= 11 is 0. The fourth-order valence-corrected chi connectivity index (χ4v) is 1.53. The number of carboxylic acids is 1. The van der Waals surface area contributed by atoms with Gasteiger partial charge in [-0.3, -0.25) is 4.79 Å². The van der Waals surface area contributed by atoms with Crippen LogP contribution in [-0.4, -0.2) is 46.8 Å². The third kappa shape index (κ3) is 8.80. The van der Waals surface area contributed by atoms with Gasteiger partial charge in [0.1, 0.15) is 12.1 Å². The van der Waals surface area contributed by atoms with E-state index in [1.165, 1.54) is 6.08 Å². The molecule has 7 nitrogen and oxygen atoms in total. The van der Waals surface area contributed by atoms with Gasteiger partial charge in [0.15, 0.2) is 0 Å². The molecular formula is C14H23NO6. The summed E-state index contributed by atoms with van der Waals surface area (Å²) < 4.78 is 4.65. The van der Waals surface area contributed by atoms with Crippen LogP contribution in [0.15, 0.2) is 12.2 Å². The number of carbonyl (C=O) groups is 3. The van der Waals surface area contributed by atoms with Crippen LogP contribution >= 0.6 is 0 Å². The molecule has 7 heteroatoms. The zero-order valence-electron chi connectivity index (χ0n) is 12.5. The first-order valence-electron chi connectivity index (χ1n) is 6.82. The number of ether oxygens (including phenoxy) is 1. The summed E-state index contributed by atoms with van der Waals surface area (Å²) in [4.78, 5) is 33.7. The van der Waals surface area contributed by atoms with E-state index in [2.05, 4.69) is 10.1 Å². The Bertz CT molecular complexity index is 391. The van der Waals surface area contributed by atoms with Gasteiger partial charge >= 0.3 is 11.9 Å². The second-order valence-corrected chi connectivity index (χ2v) is 4.93. The Labute approximate surface area is 124 Å². The number of nitrogens with one attached hydrogen (secondary N) is 1. The van der Waals surface area contributed by atoms with Crippen LogP contribution in [0.2, 0.25) is 0 Å². The predicted octanol–water partition coefficient (Wildman–Crippen LogP) is 0.472. The van der Waals surface area contributed by atoms with Crippen molar-refractivity contribution in [2.24, 2.45) is 5.92 Å². The summed E-state index contributed by atoms with van der Waals surface area (Å²) in [5, 5.41) is 20.8. The van der Waals surface area contributed by atoms with Crippen molar-refractivity contribution in [3.63, 3.8) is 0 Å². The topological polar surface area (TPSA) is 113 Å². The monoisotopic (exact) mass is 301 g/mol. The standard InChI is InChI=1S/C14H23NO6/c1-4-21-12(17)7-5-6-10(14(19)20)15-13(18)11(16)8-9(2)3/h5,7,9-11,16H,4,6,8H2,1-3H3,(H,15,18)(H,19,20)/b7-5+/t10-,11+/m1/s1. The fourth-order valence-electron chi connectivity index (χ4n) is 1.53. The highest BCUT2D eigenvalue weighted by Gasteiger charge is 2.23. The lowest BCUT2D eigenvalue weighted by Gasteiger charge is -2.17. The molecule has 2 atom stereocenters. The lowest BCUT2D eigenvalue weighted by atomic mass is 10.0. The quantitative estimate of drug-likeness (QED) is 0.421. The molecule has 0 heterocycles. The molecule has 0 aromatic heterocycles. The smallest absolute Gasteiger partial charge is 0.330 e. The molecule has 0 spiro atoms. The van der Waals surface area contributed by atoms with Crippen molar-refractivity contribution in [3.05, 3.63) is 12.2 Å². The molecule has 21 heavy (non-hydrogen) atoms. The van der Waals surface area contributed by atoms with Crippen molar-refractivity contribution in [2.75, 3.05) is 6.61 Å². The van der Waals surface area contributed by atoms with E-state index in [4.69, 9.17) is 5.11 Å². The zero-order chi connectivity index (χ0) is 16.4. The number of hydrogen-bond acceptors (Lipinski definition) is 5. The normalized spacial score (nSPS) is 14.0. The van der Waals surface area contributed by atoms with Crippen molar-refractivity contribution in [1.29, 1.82) is 0 Å². The summed E-state index contributed by atoms with van der Waals surface area (Å²) in [5.74, 6) is -2.44. The summed E-state index contributed by atoms with van der Waals surface area (Å²) in [6.07, 6.45) is 1.34. The summed E-state index contributed by atoms with van der Waals surface area (Å²) in [5.41, 5.74) is 0. The second-order valence-electron chi connectivity index (χ2n) is 4.93. The average Bonchev–Trinajstić information content (AvgIpc) is 2.36. The average molecular weight is 301 g/mol. The van der Waals surface area contributed by atoms with Crippen LogP contribution in [0.25, 0.3) is 0 Å². The maximum Gasteiger partial charge on any atom is 0.330 e. The molecule has 0 aliphatic rings. The molecule has 0 saturated carbocycles. The predicted molar refractivity (Wildman–Crippen MR) is 75.4 cm³/mol. The van der Waals surface area contributed by atoms with Gasteiger partial charge in [0.2, 0.25) is 5.91 Å². The second kappa shape index (κ2) is 9.93. The van der Waals surface area contributed by atoms with Gasteiger partial charge in [-0.25, -0.2) is 9.59 Å².